The van der Waals surface area contributed by atoms with Crippen LogP contribution in [0.3, 0.4) is 0 Å². The fraction of sp³-hybridized carbons (Fsp3) is 0.375. The molecule has 128 valence electrons. The highest BCUT2D eigenvalue weighted by Crippen LogP contribution is 2.45. The number of nitrogens with zero attached hydrogens (tertiary/aromatic N) is 2. The third-order valence-electron chi connectivity index (χ3n) is 4.45. The van der Waals surface area contributed by atoms with Crippen molar-refractivity contribution in [3.63, 3.8) is 0 Å². The number of halogens is 4. The monoisotopic (exact) mass is 358 g/mol. The van der Waals surface area contributed by atoms with E-state index in [9.17, 15) is 18.0 Å². The summed E-state index contributed by atoms with van der Waals surface area (Å²) in [6, 6.07) is 0.845. The van der Waals surface area contributed by atoms with Crippen molar-refractivity contribution >= 4 is 17.6 Å². The Morgan fingerprint density at radius 3 is 2.62 bits per heavy atom. The molecule has 1 unspecified atom stereocenters. The standard InChI is InChI=1S/C16H14ClF3N2O2/c17-12-11(16(18,19)20)4-7-21-13(12)15(5-2-1-3-6-15)22-8-10(9-22)14(23)24/h1-5,7,10H,6,8-9H2,(H,23,24). The van der Waals surface area contributed by atoms with Crippen LogP contribution < -0.4 is 0 Å². The second-order valence-corrected chi connectivity index (χ2v) is 6.25. The van der Waals surface area contributed by atoms with Crippen LogP contribution in [0.25, 0.3) is 0 Å². The molecule has 0 spiro atoms. The zero-order chi connectivity index (χ0) is 17.5. The van der Waals surface area contributed by atoms with Gasteiger partial charge in [0, 0.05) is 19.3 Å². The predicted molar refractivity (Wildman–Crippen MR) is 81.5 cm³/mol. The molecule has 1 aromatic rings. The average molecular weight is 359 g/mol. The Hall–Kier alpha value is -1.86. The number of carbonyl (C=O) groups is 1. The van der Waals surface area contributed by atoms with Crippen LogP contribution in [0.15, 0.2) is 36.6 Å². The van der Waals surface area contributed by atoms with E-state index in [4.69, 9.17) is 16.7 Å². The molecule has 0 radical (unpaired) electrons. The maximum Gasteiger partial charge on any atom is 0.417 e. The first-order chi connectivity index (χ1) is 11.3. The third kappa shape index (κ3) is 2.71. The van der Waals surface area contributed by atoms with Gasteiger partial charge in [0.15, 0.2) is 0 Å². The van der Waals surface area contributed by atoms with E-state index >= 15 is 0 Å². The molecule has 1 fully saturated rings. The van der Waals surface area contributed by atoms with Crippen molar-refractivity contribution in [1.82, 2.24) is 9.88 Å². The van der Waals surface area contributed by atoms with Crippen molar-refractivity contribution < 1.29 is 23.1 Å². The summed E-state index contributed by atoms with van der Waals surface area (Å²) >= 11 is 6.06. The summed E-state index contributed by atoms with van der Waals surface area (Å²) in [5.41, 5.74) is -1.80. The zero-order valence-corrected chi connectivity index (χ0v) is 13.2. The van der Waals surface area contributed by atoms with Gasteiger partial charge in [0.2, 0.25) is 0 Å². The average Bonchev–Trinajstić information content (AvgIpc) is 2.45. The Balaban J connectivity index is 2.04. The van der Waals surface area contributed by atoms with Crippen LogP contribution in [-0.4, -0.2) is 34.0 Å². The highest BCUT2D eigenvalue weighted by molar-refractivity contribution is 6.32. The Bertz CT molecular complexity index is 727. The lowest BCUT2D eigenvalue weighted by Crippen LogP contribution is -2.59. The lowest BCUT2D eigenvalue weighted by molar-refractivity contribution is -0.150. The van der Waals surface area contributed by atoms with Gasteiger partial charge in [0.1, 0.15) is 0 Å². The molecular weight excluding hydrogens is 345 g/mol. The van der Waals surface area contributed by atoms with E-state index in [0.717, 1.165) is 12.3 Å². The van der Waals surface area contributed by atoms with Gasteiger partial charge in [-0.25, -0.2) is 0 Å². The van der Waals surface area contributed by atoms with Gasteiger partial charge in [-0.15, -0.1) is 0 Å². The third-order valence-corrected chi connectivity index (χ3v) is 4.83. The molecule has 3 rings (SSSR count). The van der Waals surface area contributed by atoms with Gasteiger partial charge in [-0.05, 0) is 12.5 Å². The molecule has 4 nitrogen and oxygen atoms in total. The first-order valence-electron chi connectivity index (χ1n) is 7.30. The van der Waals surface area contributed by atoms with Crippen LogP contribution in [-0.2, 0) is 16.5 Å². The fourth-order valence-electron chi connectivity index (χ4n) is 3.09. The number of pyridine rings is 1. The molecule has 2 aliphatic rings. The Labute approximate surface area is 141 Å². The maximum atomic E-state index is 13.1. The quantitative estimate of drug-likeness (QED) is 0.898. The number of likely N-dealkylation sites (tertiary alicyclic amines) is 1. The van der Waals surface area contributed by atoms with Gasteiger partial charge in [-0.2, -0.15) is 13.2 Å². The highest BCUT2D eigenvalue weighted by Gasteiger charge is 2.48. The van der Waals surface area contributed by atoms with E-state index in [1.165, 1.54) is 0 Å². The molecule has 0 amide bonds. The summed E-state index contributed by atoms with van der Waals surface area (Å²) in [6.45, 7) is 0.476. The Morgan fingerprint density at radius 2 is 2.08 bits per heavy atom. The van der Waals surface area contributed by atoms with Crippen LogP contribution in [0.1, 0.15) is 17.7 Å². The van der Waals surface area contributed by atoms with Crippen LogP contribution in [0.4, 0.5) is 13.2 Å². The van der Waals surface area contributed by atoms with E-state index in [-0.39, 0.29) is 18.8 Å². The molecule has 1 saturated heterocycles. The van der Waals surface area contributed by atoms with E-state index in [2.05, 4.69) is 4.98 Å². The number of alkyl halides is 3. The van der Waals surface area contributed by atoms with E-state index in [1.54, 1.807) is 23.1 Å². The molecule has 1 aromatic heterocycles. The number of aromatic nitrogens is 1. The lowest BCUT2D eigenvalue weighted by atomic mass is 9.80. The van der Waals surface area contributed by atoms with E-state index < -0.39 is 34.2 Å². The molecule has 8 heteroatoms. The van der Waals surface area contributed by atoms with Gasteiger partial charge >= 0.3 is 12.1 Å². The number of carboxylic acids is 1. The smallest absolute Gasteiger partial charge is 0.417 e. The second kappa shape index (κ2) is 5.89. The SMILES string of the molecule is O=C(O)C1CN(C2(c3nccc(C(F)(F)F)c3Cl)C=CC=CC2)C1. The van der Waals surface area contributed by atoms with E-state index in [1.807, 2.05) is 6.08 Å². The summed E-state index contributed by atoms with van der Waals surface area (Å²) in [7, 11) is 0. The summed E-state index contributed by atoms with van der Waals surface area (Å²) in [5, 5.41) is 8.62. The largest absolute Gasteiger partial charge is 0.481 e. The van der Waals surface area contributed by atoms with Crippen LogP contribution in [0.5, 0.6) is 0 Å². The van der Waals surface area contributed by atoms with Crippen molar-refractivity contribution in [2.24, 2.45) is 5.92 Å². The normalized spacial score (nSPS) is 24.8. The number of aliphatic carboxylic acids is 1. The van der Waals surface area contributed by atoms with Gasteiger partial charge in [0.05, 0.1) is 27.7 Å². The van der Waals surface area contributed by atoms with Gasteiger partial charge < -0.3 is 5.11 Å². The second-order valence-electron chi connectivity index (χ2n) is 5.87. The van der Waals surface area contributed by atoms with Gasteiger partial charge in [0.25, 0.3) is 0 Å². The van der Waals surface area contributed by atoms with Crippen molar-refractivity contribution in [3.05, 3.63) is 52.8 Å². The molecule has 1 N–H and O–H groups in total. The van der Waals surface area contributed by atoms with Crippen molar-refractivity contribution in [1.29, 1.82) is 0 Å². The zero-order valence-electron chi connectivity index (χ0n) is 12.4. The molecule has 1 aliphatic heterocycles. The molecular formula is C16H14ClF3N2O2. The minimum Gasteiger partial charge on any atom is -0.481 e. The van der Waals surface area contributed by atoms with Gasteiger partial charge in [-0.1, -0.05) is 35.9 Å². The van der Waals surface area contributed by atoms with E-state index in [0.29, 0.717) is 6.42 Å². The molecule has 0 aromatic carbocycles. The summed E-state index contributed by atoms with van der Waals surface area (Å²) in [6.07, 6.45) is 3.94. The molecule has 1 atom stereocenters. The predicted octanol–water partition coefficient (Wildman–Crippen LogP) is 3.48. The fourth-order valence-corrected chi connectivity index (χ4v) is 3.48. The highest BCUT2D eigenvalue weighted by atomic mass is 35.5. The molecule has 24 heavy (non-hydrogen) atoms. The van der Waals surface area contributed by atoms with Crippen LogP contribution in [0, 0.1) is 5.92 Å². The number of rotatable bonds is 3. The van der Waals surface area contributed by atoms with Crippen molar-refractivity contribution in [3.8, 4) is 0 Å². The Morgan fingerprint density at radius 1 is 1.38 bits per heavy atom. The number of hydrogen-bond acceptors (Lipinski definition) is 3. The van der Waals surface area contributed by atoms with Crippen LogP contribution in [0.2, 0.25) is 5.02 Å². The maximum absolute atomic E-state index is 13.1. The lowest BCUT2D eigenvalue weighted by Gasteiger charge is -2.50. The number of hydrogen-bond donors (Lipinski definition) is 1. The molecule has 1 aliphatic carbocycles. The first-order valence-corrected chi connectivity index (χ1v) is 7.68. The summed E-state index contributed by atoms with van der Waals surface area (Å²) in [4.78, 5) is 17.0. The van der Waals surface area contributed by atoms with Crippen molar-refractivity contribution in [2.45, 2.75) is 18.1 Å². The first kappa shape index (κ1) is 17.0. The number of carboxylic acid groups (broad SMARTS) is 1. The molecule has 0 saturated carbocycles. The summed E-state index contributed by atoms with van der Waals surface area (Å²) in [5.74, 6) is -1.45. The summed E-state index contributed by atoms with van der Waals surface area (Å²) < 4.78 is 39.4. The minimum absolute atomic E-state index is 0.100. The van der Waals surface area contributed by atoms with Gasteiger partial charge in [-0.3, -0.25) is 14.7 Å². The number of allylic oxidation sites excluding steroid dienone is 2. The molecule has 2 heterocycles. The minimum atomic E-state index is -4.58. The van der Waals surface area contributed by atoms with Crippen molar-refractivity contribution in [2.75, 3.05) is 13.1 Å². The van der Waals surface area contributed by atoms with Crippen LogP contribution >= 0.6 is 11.6 Å². The Kier molecular flexibility index (Phi) is 4.17. The topological polar surface area (TPSA) is 53.4 Å². The molecule has 0 bridgehead atoms.